The Bertz CT molecular complexity index is 3520. The summed E-state index contributed by atoms with van der Waals surface area (Å²) in [6, 6.07) is 87.0. The minimum Gasteiger partial charge on any atom is -0.454 e. The Hall–Kier alpha value is -8.40. The Labute approximate surface area is 366 Å². The number of fused-ring (bicyclic) bond motifs is 6. The Morgan fingerprint density at radius 3 is 1.54 bits per heavy atom. The second-order valence-electron chi connectivity index (χ2n) is 16.1. The van der Waals surface area contributed by atoms with Crippen molar-refractivity contribution in [2.24, 2.45) is 0 Å². The highest BCUT2D eigenvalue weighted by Gasteiger charge is 2.20. The van der Waals surface area contributed by atoms with Gasteiger partial charge in [-0.3, -0.25) is 0 Å². The second-order valence-corrected chi connectivity index (χ2v) is 16.1. The summed E-state index contributed by atoms with van der Waals surface area (Å²) in [5, 5.41) is 4.67. The van der Waals surface area contributed by atoms with E-state index in [1.54, 1.807) is 0 Å². The number of benzene rings is 10. The second kappa shape index (κ2) is 15.3. The molecule has 0 aliphatic heterocycles. The van der Waals surface area contributed by atoms with Gasteiger partial charge in [0, 0.05) is 38.6 Å². The largest absolute Gasteiger partial charge is 0.454 e. The topological polar surface area (TPSA) is 21.3 Å². The fourth-order valence-corrected chi connectivity index (χ4v) is 9.43. The molecule has 0 bridgehead atoms. The van der Waals surface area contributed by atoms with E-state index in [0.29, 0.717) is 0 Å². The van der Waals surface area contributed by atoms with E-state index in [-0.39, 0.29) is 0 Å². The lowest BCUT2D eigenvalue weighted by atomic mass is 9.95. The molecule has 63 heavy (non-hydrogen) atoms. The van der Waals surface area contributed by atoms with Crippen molar-refractivity contribution in [3.63, 3.8) is 0 Å². The summed E-state index contributed by atoms with van der Waals surface area (Å²) in [4.78, 5) is 2.36. The van der Waals surface area contributed by atoms with Crippen LogP contribution in [-0.2, 0) is 0 Å². The minimum absolute atomic E-state index is 0.891. The van der Waals surface area contributed by atoms with Crippen LogP contribution in [0.3, 0.4) is 0 Å². The Balaban J connectivity index is 0.964. The van der Waals surface area contributed by atoms with Gasteiger partial charge in [0.25, 0.3) is 0 Å². The maximum absolute atomic E-state index is 6.59. The van der Waals surface area contributed by atoms with Crippen molar-refractivity contribution in [2.75, 3.05) is 4.90 Å². The number of aromatic nitrogens is 1. The molecule has 0 aliphatic rings. The number of hydrogen-bond acceptors (Lipinski definition) is 2. The van der Waals surface area contributed by atoms with Crippen LogP contribution in [0.25, 0.3) is 93.9 Å². The van der Waals surface area contributed by atoms with Crippen molar-refractivity contribution in [3.05, 3.63) is 243 Å². The molecule has 0 saturated carbocycles. The van der Waals surface area contributed by atoms with Gasteiger partial charge >= 0.3 is 0 Å². The Morgan fingerprint density at radius 1 is 0.317 bits per heavy atom. The molecule has 0 N–H and O–H groups in total. The first-order valence-corrected chi connectivity index (χ1v) is 21.5. The first-order valence-electron chi connectivity index (χ1n) is 21.5. The van der Waals surface area contributed by atoms with E-state index in [4.69, 9.17) is 4.42 Å². The molecule has 2 aromatic heterocycles. The predicted octanol–water partition coefficient (Wildman–Crippen LogP) is 16.8. The molecule has 12 rings (SSSR count). The molecule has 12 aromatic rings. The molecule has 0 spiro atoms. The molecule has 0 radical (unpaired) electrons. The number of anilines is 3. The highest BCUT2D eigenvalue weighted by atomic mass is 16.3. The molecule has 2 heterocycles. The van der Waals surface area contributed by atoms with E-state index < -0.39 is 0 Å². The monoisotopic (exact) mass is 804 g/mol. The van der Waals surface area contributed by atoms with E-state index in [2.05, 4.69) is 246 Å². The summed E-state index contributed by atoms with van der Waals surface area (Å²) in [6.07, 6.45) is 0. The molecule has 0 fully saturated rings. The van der Waals surface area contributed by atoms with Gasteiger partial charge in [-0.1, -0.05) is 176 Å². The summed E-state index contributed by atoms with van der Waals surface area (Å²) < 4.78 is 8.96. The molecule has 0 unspecified atom stereocenters. The smallest absolute Gasteiger partial charge is 0.159 e. The molecule has 0 atom stereocenters. The van der Waals surface area contributed by atoms with E-state index in [1.807, 2.05) is 6.07 Å². The van der Waals surface area contributed by atoms with Gasteiger partial charge in [0.05, 0.1) is 16.7 Å². The van der Waals surface area contributed by atoms with E-state index in [0.717, 1.165) is 66.8 Å². The first kappa shape index (κ1) is 36.5. The normalized spacial score (nSPS) is 11.5. The molecular weight excluding hydrogens is 765 g/mol. The van der Waals surface area contributed by atoms with Crippen LogP contribution < -0.4 is 4.90 Å². The number of rotatable bonds is 8. The summed E-state index contributed by atoms with van der Waals surface area (Å²) in [5.41, 5.74) is 17.8. The van der Waals surface area contributed by atoms with Crippen LogP contribution in [0.2, 0.25) is 0 Å². The van der Waals surface area contributed by atoms with Gasteiger partial charge in [-0.2, -0.15) is 0 Å². The first-order chi connectivity index (χ1) is 31.2. The standard InChI is InChI=1S/C60H40N2O/c1-3-15-41(16-4-1)43-31-35-48(36-32-43)61(49-37-33-44(34-38-49)42-17-5-2-6-18-42)50-22-12-20-46(40-50)45-19-11-21-47(39-45)51-25-13-28-56-59(51)54-24-7-9-27-55(54)62(56)57-29-14-26-53-52-23-8-10-30-58(52)63-60(53)57/h1-40H. The molecule has 0 aliphatic carbocycles. The van der Waals surface area contributed by atoms with Crippen molar-refractivity contribution in [1.82, 2.24) is 4.57 Å². The molecule has 3 heteroatoms. The SMILES string of the molecule is c1ccc(-c2ccc(N(c3ccc(-c4ccccc4)cc3)c3cccc(-c4cccc(-c5cccc6c5c5ccccc5n6-c5cccc6c5oc5ccccc56)c4)c3)cc2)cc1. The fraction of sp³-hybridized carbons (Fsp3) is 0. The summed E-state index contributed by atoms with van der Waals surface area (Å²) in [6.45, 7) is 0. The lowest BCUT2D eigenvalue weighted by Crippen LogP contribution is -2.10. The average Bonchev–Trinajstić information content (AvgIpc) is 3.92. The van der Waals surface area contributed by atoms with Crippen molar-refractivity contribution in [3.8, 4) is 50.2 Å². The molecule has 296 valence electrons. The number of para-hydroxylation sites is 3. The minimum atomic E-state index is 0.891. The van der Waals surface area contributed by atoms with Crippen LogP contribution in [0.15, 0.2) is 247 Å². The number of nitrogens with zero attached hydrogens (tertiary/aromatic N) is 2. The molecule has 3 nitrogen and oxygen atoms in total. The molecular formula is C60H40N2O. The summed E-state index contributed by atoms with van der Waals surface area (Å²) in [5.74, 6) is 0. The summed E-state index contributed by atoms with van der Waals surface area (Å²) in [7, 11) is 0. The molecule has 0 saturated heterocycles. The van der Waals surface area contributed by atoms with Gasteiger partial charge < -0.3 is 13.9 Å². The lowest BCUT2D eigenvalue weighted by molar-refractivity contribution is 0.666. The predicted molar refractivity (Wildman–Crippen MR) is 264 cm³/mol. The Kier molecular flexibility index (Phi) is 8.83. The summed E-state index contributed by atoms with van der Waals surface area (Å²) >= 11 is 0. The fourth-order valence-electron chi connectivity index (χ4n) is 9.43. The van der Waals surface area contributed by atoms with Crippen LogP contribution in [-0.4, -0.2) is 4.57 Å². The maximum atomic E-state index is 6.59. The Morgan fingerprint density at radius 2 is 0.825 bits per heavy atom. The van der Waals surface area contributed by atoms with Crippen molar-refractivity contribution in [2.45, 2.75) is 0 Å². The van der Waals surface area contributed by atoms with Gasteiger partial charge in [0.15, 0.2) is 5.58 Å². The van der Waals surface area contributed by atoms with Crippen molar-refractivity contribution in [1.29, 1.82) is 0 Å². The zero-order valence-electron chi connectivity index (χ0n) is 34.4. The highest BCUT2D eigenvalue weighted by molar-refractivity contribution is 6.17. The average molecular weight is 805 g/mol. The molecule has 0 amide bonds. The molecule has 10 aromatic carbocycles. The van der Waals surface area contributed by atoms with E-state index in [9.17, 15) is 0 Å². The highest BCUT2D eigenvalue weighted by Crippen LogP contribution is 2.43. The van der Waals surface area contributed by atoms with Gasteiger partial charge in [-0.05, 0) is 111 Å². The van der Waals surface area contributed by atoms with Gasteiger partial charge in [-0.25, -0.2) is 0 Å². The van der Waals surface area contributed by atoms with E-state index in [1.165, 1.54) is 44.2 Å². The third-order valence-electron chi connectivity index (χ3n) is 12.4. The van der Waals surface area contributed by atoms with Crippen molar-refractivity contribution < 1.29 is 4.42 Å². The van der Waals surface area contributed by atoms with E-state index >= 15 is 0 Å². The third-order valence-corrected chi connectivity index (χ3v) is 12.4. The lowest BCUT2D eigenvalue weighted by Gasteiger charge is -2.26. The van der Waals surface area contributed by atoms with Gasteiger partial charge in [0.1, 0.15) is 5.58 Å². The number of furan rings is 1. The third kappa shape index (κ3) is 6.38. The zero-order chi connectivity index (χ0) is 41.7. The number of hydrogen-bond donors (Lipinski definition) is 0. The van der Waals surface area contributed by atoms with Gasteiger partial charge in [-0.15, -0.1) is 0 Å². The van der Waals surface area contributed by atoms with Crippen LogP contribution in [0.5, 0.6) is 0 Å². The maximum Gasteiger partial charge on any atom is 0.159 e. The van der Waals surface area contributed by atoms with Crippen molar-refractivity contribution >= 4 is 60.8 Å². The van der Waals surface area contributed by atoms with Crippen LogP contribution in [0, 0.1) is 0 Å². The van der Waals surface area contributed by atoms with Gasteiger partial charge in [0.2, 0.25) is 0 Å². The van der Waals surface area contributed by atoms with Crippen LogP contribution in [0.1, 0.15) is 0 Å². The quantitative estimate of drug-likeness (QED) is 0.153. The van der Waals surface area contributed by atoms with Crippen LogP contribution >= 0.6 is 0 Å². The zero-order valence-corrected chi connectivity index (χ0v) is 34.4. The van der Waals surface area contributed by atoms with Crippen LogP contribution in [0.4, 0.5) is 17.1 Å².